The van der Waals surface area contributed by atoms with Gasteiger partial charge >= 0.3 is 11.8 Å². The molecule has 1 amide bonds. The highest BCUT2D eigenvalue weighted by molar-refractivity contribution is 6.23. The van der Waals surface area contributed by atoms with Crippen LogP contribution in [-0.2, 0) is 28.6 Å². The molecule has 3 aliphatic heterocycles. The fourth-order valence-corrected chi connectivity index (χ4v) is 7.96. The van der Waals surface area contributed by atoms with E-state index in [-0.39, 0.29) is 51.1 Å². The Bertz CT molecular complexity index is 2040. The number of aliphatic hydroxyl groups excluding tert-OH is 2. The summed E-state index contributed by atoms with van der Waals surface area (Å²) in [6.07, 6.45) is 10.7. The van der Waals surface area contributed by atoms with Gasteiger partial charge in [0.2, 0.25) is 0 Å². The number of fused-ring (bicyclic) bond motifs is 14. The van der Waals surface area contributed by atoms with Crippen molar-refractivity contribution in [2.45, 2.75) is 131 Å². The fourth-order valence-electron chi connectivity index (χ4n) is 7.96. The van der Waals surface area contributed by atoms with Crippen molar-refractivity contribution in [3.63, 3.8) is 0 Å². The van der Waals surface area contributed by atoms with Crippen molar-refractivity contribution in [1.82, 2.24) is 0 Å². The average Bonchev–Trinajstić information content (AvgIpc) is 3.49. The van der Waals surface area contributed by atoms with Crippen LogP contribution >= 0.6 is 0 Å². The summed E-state index contributed by atoms with van der Waals surface area (Å²) < 4.78 is 23.6. The van der Waals surface area contributed by atoms with Crippen LogP contribution in [0, 0.1) is 30.6 Å². The third-order valence-corrected chi connectivity index (χ3v) is 11.9. The van der Waals surface area contributed by atoms with E-state index >= 15 is 0 Å². The van der Waals surface area contributed by atoms with E-state index in [0.717, 1.165) is 44.7 Å². The largest absolute Gasteiger partial charge is 0.507 e. The summed E-state index contributed by atoms with van der Waals surface area (Å²) in [4.78, 5) is 45.9. The van der Waals surface area contributed by atoms with Gasteiger partial charge in [0.1, 0.15) is 30.0 Å². The quantitative estimate of drug-likeness (QED) is 0.0323. The van der Waals surface area contributed by atoms with Crippen LogP contribution in [0.15, 0.2) is 41.3 Å². The van der Waals surface area contributed by atoms with Crippen LogP contribution in [-0.4, -0.2) is 93.3 Å². The van der Waals surface area contributed by atoms with Crippen LogP contribution in [0.1, 0.15) is 115 Å². The van der Waals surface area contributed by atoms with Gasteiger partial charge in [-0.3, -0.25) is 14.4 Å². The number of phenols is 3. The topological polar surface area (TPSA) is 223 Å². The lowest BCUT2D eigenvalue weighted by Gasteiger charge is -2.38. The SMILES string of the molecule is CCCCCCCCON=Cc1c2c(O)c3c(O)c(C)c4c(c3c1O)C(=O)[C@@](C)(OC=C[C@H](OC)[C@H](C)[C@H](OC(C)=O)[C@H](C)[C@H](O)[C@H](C)[C@@H](O)[C@@H](C)C=CC=C(C)C(=O)N2)O4. The molecule has 9 atom stereocenters. The predicted octanol–water partition coefficient (Wildman–Crippen LogP) is 7.47. The number of nitrogens with one attached hydrogen (secondary N) is 1. The molecule has 0 fully saturated rings. The van der Waals surface area contributed by atoms with E-state index in [4.69, 9.17) is 23.8 Å². The number of rotatable bonds is 11. The third-order valence-electron chi connectivity index (χ3n) is 11.9. The zero-order valence-corrected chi connectivity index (χ0v) is 37.0. The summed E-state index contributed by atoms with van der Waals surface area (Å²) in [5.41, 5.74) is -0.543. The summed E-state index contributed by atoms with van der Waals surface area (Å²) in [5, 5.41) is 64.3. The summed E-state index contributed by atoms with van der Waals surface area (Å²) in [7, 11) is 1.43. The maximum absolute atomic E-state index is 14.4. The number of hydrogen-bond acceptors (Lipinski definition) is 14. The predicted molar refractivity (Wildman–Crippen MR) is 231 cm³/mol. The Kier molecular flexibility index (Phi) is 16.8. The molecule has 3 heterocycles. The number of methoxy groups -OCH3 is 1. The van der Waals surface area contributed by atoms with E-state index < -0.39 is 88.8 Å². The number of hydrogen-bond donors (Lipinski definition) is 6. The van der Waals surface area contributed by atoms with Crippen molar-refractivity contribution in [3.8, 4) is 23.0 Å². The van der Waals surface area contributed by atoms with Gasteiger partial charge in [-0.25, -0.2) is 0 Å². The molecular weight excluding hydrogens is 789 g/mol. The number of allylic oxidation sites excluding steroid dienone is 2. The van der Waals surface area contributed by atoms with Crippen molar-refractivity contribution < 1.29 is 63.7 Å². The second-order valence-corrected chi connectivity index (χ2v) is 16.5. The zero-order valence-electron chi connectivity index (χ0n) is 37.0. The van der Waals surface area contributed by atoms with E-state index in [0.29, 0.717) is 0 Å². The number of unbranched alkanes of at least 4 members (excludes halogenated alkanes) is 5. The minimum Gasteiger partial charge on any atom is -0.507 e. The smallest absolute Gasteiger partial charge is 0.312 e. The molecule has 2 aromatic rings. The van der Waals surface area contributed by atoms with E-state index in [9.17, 15) is 39.9 Å². The number of esters is 1. The average molecular weight is 853 g/mol. The molecule has 0 aromatic heterocycles. The highest BCUT2D eigenvalue weighted by Gasteiger charge is 2.50. The van der Waals surface area contributed by atoms with Crippen LogP contribution in [0.25, 0.3) is 10.8 Å². The van der Waals surface area contributed by atoms with Crippen molar-refractivity contribution in [3.05, 3.63) is 52.8 Å². The van der Waals surface area contributed by atoms with Gasteiger partial charge in [-0.2, -0.15) is 0 Å². The molecule has 0 aliphatic carbocycles. The molecule has 336 valence electrons. The van der Waals surface area contributed by atoms with Gasteiger partial charge in [-0.15, -0.1) is 0 Å². The van der Waals surface area contributed by atoms with Gasteiger partial charge in [0.15, 0.2) is 5.75 Å². The molecule has 3 aliphatic rings. The van der Waals surface area contributed by atoms with E-state index in [1.165, 1.54) is 53.2 Å². The van der Waals surface area contributed by atoms with Crippen LogP contribution < -0.4 is 10.1 Å². The van der Waals surface area contributed by atoms with Crippen LogP contribution in [0.2, 0.25) is 0 Å². The van der Waals surface area contributed by atoms with Crippen molar-refractivity contribution in [1.29, 1.82) is 0 Å². The Morgan fingerprint density at radius 3 is 2.25 bits per heavy atom. The lowest BCUT2D eigenvalue weighted by Crippen LogP contribution is -2.46. The van der Waals surface area contributed by atoms with Gasteiger partial charge in [-0.1, -0.05) is 83.7 Å². The summed E-state index contributed by atoms with van der Waals surface area (Å²) in [6.45, 7) is 14.9. The van der Waals surface area contributed by atoms with Gasteiger partial charge in [-0.05, 0) is 32.8 Å². The number of carbonyl (C=O) groups is 3. The Morgan fingerprint density at radius 2 is 1.59 bits per heavy atom. The Balaban J connectivity index is 1.90. The molecule has 15 heteroatoms. The van der Waals surface area contributed by atoms with E-state index in [1.807, 2.05) is 0 Å². The molecule has 0 radical (unpaired) electrons. The van der Waals surface area contributed by atoms with Crippen molar-refractivity contribution in [2.75, 3.05) is 19.0 Å². The van der Waals surface area contributed by atoms with Crippen molar-refractivity contribution >= 4 is 40.3 Å². The van der Waals surface area contributed by atoms with Gasteiger partial charge in [0, 0.05) is 61.2 Å². The number of Topliss-reactive ketones (excluding diaryl/α,β-unsaturated/α-hetero) is 1. The Morgan fingerprint density at radius 1 is 0.918 bits per heavy atom. The minimum atomic E-state index is -2.06. The second-order valence-electron chi connectivity index (χ2n) is 16.5. The van der Waals surface area contributed by atoms with Gasteiger partial charge in [0.05, 0.1) is 53.0 Å². The number of ketones is 1. The zero-order chi connectivity index (χ0) is 45.3. The lowest BCUT2D eigenvalue weighted by molar-refractivity contribution is -0.160. The van der Waals surface area contributed by atoms with Crippen LogP contribution in [0.3, 0.4) is 0 Å². The number of aliphatic hydroxyl groups is 2. The molecule has 6 N–H and O–H groups in total. The standard InChI is InChI=1S/C46H64N2O13/c1-11-12-13-14-15-16-21-59-47-23-31-36-41(54)34-33(40(31)53)35-43(29(7)39(34)52)61-46(9,44(35)55)58-22-20-32(57-10)26(4)42(60-30(8)49)28(6)38(51)27(5)37(50)24(2)18-17-19-25(3)45(56)48-36/h17-20,22-24,26-28,32,37-38,42,50-54H,11-16,21H2,1-10H3,(H,48,56)/t24-,26-,27+,28+,32-,37-,38+,42-,46-/m0/s1. The fraction of sp³-hybridized carbons (Fsp3) is 0.565. The normalized spacial score (nSPS) is 27.6. The molecule has 0 saturated heterocycles. The molecule has 5 rings (SSSR count). The number of amides is 1. The number of nitrogens with zero attached hydrogens (tertiary/aromatic N) is 1. The van der Waals surface area contributed by atoms with Gasteiger partial charge < -0.3 is 54.6 Å². The molecule has 0 spiro atoms. The number of ether oxygens (including phenoxy) is 4. The molecular formula is C46H64N2O13. The summed E-state index contributed by atoms with van der Waals surface area (Å²) >= 11 is 0. The number of oxime groups is 1. The number of aromatic hydroxyl groups is 3. The maximum Gasteiger partial charge on any atom is 0.312 e. The van der Waals surface area contributed by atoms with Crippen molar-refractivity contribution in [2.24, 2.45) is 28.8 Å². The van der Waals surface area contributed by atoms with Crippen LogP contribution in [0.4, 0.5) is 5.69 Å². The number of anilines is 1. The Labute approximate surface area is 358 Å². The number of phenolic OH excluding ortho intramolecular Hbond substituents is 3. The minimum absolute atomic E-state index is 0.0419. The van der Waals surface area contributed by atoms with E-state index in [2.05, 4.69) is 17.4 Å². The molecule has 61 heavy (non-hydrogen) atoms. The molecule has 2 aromatic carbocycles. The number of benzene rings is 2. The van der Waals surface area contributed by atoms with E-state index in [1.54, 1.807) is 39.8 Å². The lowest BCUT2D eigenvalue weighted by atomic mass is 9.78. The second kappa shape index (κ2) is 21.1. The Hall–Kier alpha value is -5.12. The highest BCUT2D eigenvalue weighted by atomic mass is 16.7. The first-order chi connectivity index (χ1) is 28.8. The highest BCUT2D eigenvalue weighted by Crippen LogP contribution is 2.55. The van der Waals surface area contributed by atoms with Crippen LogP contribution in [0.5, 0.6) is 23.0 Å². The first-order valence-electron chi connectivity index (χ1n) is 21.1. The molecule has 15 nitrogen and oxygen atoms in total. The summed E-state index contributed by atoms with van der Waals surface area (Å²) in [5.74, 6) is -8.55. The first-order valence-corrected chi connectivity index (χ1v) is 21.1. The monoisotopic (exact) mass is 852 g/mol. The number of carbonyl (C=O) groups excluding carboxylic acids is 3. The molecule has 0 unspecified atom stereocenters. The molecule has 5 bridgehead atoms. The summed E-state index contributed by atoms with van der Waals surface area (Å²) in [6, 6.07) is 0. The third kappa shape index (κ3) is 10.7. The maximum atomic E-state index is 14.4. The molecule has 0 saturated carbocycles. The van der Waals surface area contributed by atoms with Gasteiger partial charge in [0.25, 0.3) is 11.7 Å². The first kappa shape index (κ1) is 48.5.